The fourth-order valence-electron chi connectivity index (χ4n) is 2.54. The van der Waals surface area contributed by atoms with Crippen LogP contribution in [-0.2, 0) is 20.1 Å². The molecule has 0 aliphatic rings. The van der Waals surface area contributed by atoms with Gasteiger partial charge in [0.05, 0.1) is 11.6 Å². The Labute approximate surface area is 149 Å². The van der Waals surface area contributed by atoms with Gasteiger partial charge in [0.1, 0.15) is 0 Å². The summed E-state index contributed by atoms with van der Waals surface area (Å²) < 4.78 is 3.99. The molecule has 0 amide bonds. The molecular weight excluding hydrogens is 324 g/mol. The molecule has 1 unspecified atom stereocenters. The van der Waals surface area contributed by atoms with E-state index in [1.807, 2.05) is 47.9 Å². The number of aromatic nitrogens is 3. The van der Waals surface area contributed by atoms with E-state index in [9.17, 15) is 0 Å². The van der Waals surface area contributed by atoms with Gasteiger partial charge in [-0.15, -0.1) is 0 Å². The van der Waals surface area contributed by atoms with E-state index in [4.69, 9.17) is 16.6 Å². The van der Waals surface area contributed by atoms with Crippen molar-refractivity contribution in [3.8, 4) is 0 Å². The van der Waals surface area contributed by atoms with Gasteiger partial charge in [0, 0.05) is 58.0 Å². The molecule has 0 fully saturated rings. The van der Waals surface area contributed by atoms with Gasteiger partial charge in [-0.3, -0.25) is 9.67 Å². The van der Waals surface area contributed by atoms with Crippen molar-refractivity contribution in [1.29, 1.82) is 0 Å². The molecule has 0 radical (unpaired) electrons. The van der Waals surface area contributed by atoms with Gasteiger partial charge in [-0.1, -0.05) is 18.5 Å². The second-order valence-electron chi connectivity index (χ2n) is 6.14. The normalized spacial score (nSPS) is 13.1. The molecule has 0 aliphatic carbocycles. The first-order chi connectivity index (χ1) is 11.5. The van der Waals surface area contributed by atoms with Crippen LogP contribution in [0.15, 0.2) is 35.7 Å². The van der Waals surface area contributed by atoms with Gasteiger partial charge >= 0.3 is 0 Å². The van der Waals surface area contributed by atoms with E-state index in [1.54, 1.807) is 6.20 Å². The summed E-state index contributed by atoms with van der Waals surface area (Å²) in [6.07, 6.45) is 5.70. The molecule has 0 aromatic carbocycles. The molecule has 2 aromatic heterocycles. The Morgan fingerprint density at radius 1 is 1.50 bits per heavy atom. The Bertz CT molecular complexity index is 646. The molecule has 2 aromatic rings. The molecule has 132 valence electrons. The zero-order valence-electron chi connectivity index (χ0n) is 14.9. The van der Waals surface area contributed by atoms with Crippen molar-refractivity contribution in [2.45, 2.75) is 26.9 Å². The number of aryl methyl sites for hydroxylation is 1. The average Bonchev–Trinajstić information content (AvgIpc) is 3.13. The second kappa shape index (κ2) is 8.78. The maximum absolute atomic E-state index is 6.07. The van der Waals surface area contributed by atoms with Crippen LogP contribution in [0.5, 0.6) is 0 Å². The van der Waals surface area contributed by atoms with E-state index in [2.05, 4.69) is 29.2 Å². The highest BCUT2D eigenvalue weighted by Crippen LogP contribution is 2.14. The summed E-state index contributed by atoms with van der Waals surface area (Å²) in [6.45, 7) is 7.47. The van der Waals surface area contributed by atoms with Gasteiger partial charge in [0.2, 0.25) is 0 Å². The van der Waals surface area contributed by atoms with E-state index in [0.717, 1.165) is 42.9 Å². The van der Waals surface area contributed by atoms with Gasteiger partial charge in [0.15, 0.2) is 5.96 Å². The van der Waals surface area contributed by atoms with Crippen LogP contribution in [0.25, 0.3) is 0 Å². The summed E-state index contributed by atoms with van der Waals surface area (Å²) in [5.74, 6) is 1.32. The molecule has 7 heteroatoms. The van der Waals surface area contributed by atoms with Gasteiger partial charge in [0.25, 0.3) is 0 Å². The van der Waals surface area contributed by atoms with Gasteiger partial charge in [-0.2, -0.15) is 5.10 Å². The van der Waals surface area contributed by atoms with Crippen LogP contribution in [0.3, 0.4) is 0 Å². The van der Waals surface area contributed by atoms with Crippen molar-refractivity contribution < 1.29 is 0 Å². The Kier molecular flexibility index (Phi) is 6.73. The zero-order chi connectivity index (χ0) is 17.5. The molecule has 0 saturated heterocycles. The molecule has 0 saturated carbocycles. The molecular formula is C17H27ClN6. The Morgan fingerprint density at radius 3 is 2.88 bits per heavy atom. The van der Waals surface area contributed by atoms with Crippen LogP contribution in [0, 0.1) is 5.92 Å². The summed E-state index contributed by atoms with van der Waals surface area (Å²) in [5.41, 5.74) is 1.15. The number of hydrogen-bond donors (Lipinski definition) is 1. The molecule has 2 heterocycles. The van der Waals surface area contributed by atoms with Crippen LogP contribution in [0.2, 0.25) is 5.02 Å². The lowest BCUT2D eigenvalue weighted by Gasteiger charge is -2.23. The molecule has 24 heavy (non-hydrogen) atoms. The van der Waals surface area contributed by atoms with Crippen molar-refractivity contribution in [3.05, 3.63) is 41.4 Å². The molecule has 1 N–H and O–H groups in total. The quantitative estimate of drug-likeness (QED) is 0.617. The minimum atomic E-state index is 0.413. The van der Waals surface area contributed by atoms with E-state index in [-0.39, 0.29) is 0 Å². The number of aliphatic imine (C=N–C) groups is 1. The van der Waals surface area contributed by atoms with E-state index in [0.29, 0.717) is 5.92 Å². The van der Waals surface area contributed by atoms with E-state index < -0.39 is 0 Å². The third kappa shape index (κ3) is 5.30. The van der Waals surface area contributed by atoms with Crippen LogP contribution in [-0.4, -0.2) is 45.3 Å². The van der Waals surface area contributed by atoms with Gasteiger partial charge in [-0.05, 0) is 25.0 Å². The van der Waals surface area contributed by atoms with E-state index in [1.165, 1.54) is 0 Å². The lowest BCUT2D eigenvalue weighted by atomic mass is 10.2. The summed E-state index contributed by atoms with van der Waals surface area (Å²) in [4.78, 5) is 6.90. The minimum Gasteiger partial charge on any atom is -0.357 e. The highest BCUT2D eigenvalue weighted by Gasteiger charge is 2.11. The smallest absolute Gasteiger partial charge is 0.194 e. The van der Waals surface area contributed by atoms with Crippen molar-refractivity contribution >= 4 is 17.6 Å². The monoisotopic (exact) mass is 350 g/mol. The Morgan fingerprint density at radius 2 is 2.29 bits per heavy atom. The maximum Gasteiger partial charge on any atom is 0.194 e. The number of guanidine groups is 1. The highest BCUT2D eigenvalue weighted by molar-refractivity contribution is 6.30. The summed E-state index contributed by atoms with van der Waals surface area (Å²) in [7, 11) is 4.05. The van der Waals surface area contributed by atoms with Crippen molar-refractivity contribution in [2.75, 3.05) is 20.1 Å². The van der Waals surface area contributed by atoms with Crippen LogP contribution < -0.4 is 5.32 Å². The third-order valence-corrected chi connectivity index (χ3v) is 3.99. The Hall–Kier alpha value is -1.95. The Balaban J connectivity index is 1.97. The molecule has 0 bridgehead atoms. The molecule has 6 nitrogen and oxygen atoms in total. The van der Waals surface area contributed by atoms with Crippen LogP contribution in [0.1, 0.15) is 19.5 Å². The lowest BCUT2D eigenvalue weighted by molar-refractivity contribution is 0.439. The van der Waals surface area contributed by atoms with Crippen molar-refractivity contribution in [2.24, 2.45) is 18.0 Å². The summed E-state index contributed by atoms with van der Waals surface area (Å²) >= 11 is 6.07. The molecule has 2 rings (SSSR count). The van der Waals surface area contributed by atoms with E-state index >= 15 is 0 Å². The van der Waals surface area contributed by atoms with Gasteiger partial charge < -0.3 is 14.8 Å². The summed E-state index contributed by atoms with van der Waals surface area (Å²) in [6, 6.07) is 3.93. The van der Waals surface area contributed by atoms with Crippen molar-refractivity contribution in [3.63, 3.8) is 0 Å². The fraction of sp³-hybridized carbons (Fsp3) is 0.529. The number of halogens is 1. The number of hydrogen-bond acceptors (Lipinski definition) is 2. The van der Waals surface area contributed by atoms with Crippen molar-refractivity contribution in [1.82, 2.24) is 24.6 Å². The highest BCUT2D eigenvalue weighted by atomic mass is 35.5. The molecule has 1 atom stereocenters. The average molecular weight is 351 g/mol. The first-order valence-corrected chi connectivity index (χ1v) is 8.65. The standard InChI is InChI=1S/C17H27ClN6/c1-5-19-17(20-10-14(2)11-24-8-6-7-21-24)23(4)13-16-9-15(18)12-22(16)3/h6-9,12,14H,5,10-11,13H2,1-4H3,(H,19,20). The van der Waals surface area contributed by atoms with Gasteiger partial charge in [-0.25, -0.2) is 0 Å². The fourth-order valence-corrected chi connectivity index (χ4v) is 2.81. The number of nitrogens with zero attached hydrogens (tertiary/aromatic N) is 5. The first kappa shape index (κ1) is 18.4. The number of nitrogens with one attached hydrogen (secondary N) is 1. The minimum absolute atomic E-state index is 0.413. The SMILES string of the molecule is CCNC(=NCC(C)Cn1cccn1)N(C)Cc1cc(Cl)cn1C. The third-order valence-electron chi connectivity index (χ3n) is 3.78. The second-order valence-corrected chi connectivity index (χ2v) is 6.58. The number of rotatable bonds is 7. The predicted octanol–water partition coefficient (Wildman–Crippen LogP) is 2.61. The topological polar surface area (TPSA) is 50.4 Å². The van der Waals surface area contributed by atoms with Crippen LogP contribution >= 0.6 is 11.6 Å². The lowest BCUT2D eigenvalue weighted by Crippen LogP contribution is -2.39. The first-order valence-electron chi connectivity index (χ1n) is 8.27. The summed E-state index contributed by atoms with van der Waals surface area (Å²) in [5, 5.41) is 8.36. The van der Waals surface area contributed by atoms with Crippen LogP contribution in [0.4, 0.5) is 0 Å². The zero-order valence-corrected chi connectivity index (χ0v) is 15.7. The molecule has 0 spiro atoms. The maximum atomic E-state index is 6.07. The molecule has 0 aliphatic heterocycles. The largest absolute Gasteiger partial charge is 0.357 e. The predicted molar refractivity (Wildman–Crippen MR) is 99.3 cm³/mol.